The highest BCUT2D eigenvalue weighted by Crippen LogP contribution is 2.35. The lowest BCUT2D eigenvalue weighted by molar-refractivity contribution is -0.122. The minimum atomic E-state index is -3.87. The molecule has 0 aliphatic carbocycles. The van der Waals surface area contributed by atoms with Gasteiger partial charge < -0.3 is 14.8 Å². The van der Waals surface area contributed by atoms with E-state index in [1.807, 2.05) is 0 Å². The average Bonchev–Trinajstić information content (AvgIpc) is 2.89. The molecule has 1 amide bonds. The third-order valence-electron chi connectivity index (χ3n) is 6.15. The second-order valence-corrected chi connectivity index (χ2v) is 13.1. The molecular formula is C25H34ClN3O7S2. The zero-order chi connectivity index (χ0) is 27.9. The van der Waals surface area contributed by atoms with E-state index in [4.69, 9.17) is 21.1 Å². The Balaban J connectivity index is 1.62. The van der Waals surface area contributed by atoms with Crippen molar-refractivity contribution >= 4 is 43.2 Å². The maximum Gasteiger partial charge on any atom is 0.244 e. The number of methoxy groups -OCH3 is 1. The lowest BCUT2D eigenvalue weighted by Crippen LogP contribution is -2.50. The highest BCUT2D eigenvalue weighted by Gasteiger charge is 2.33. The standard InChI is InChI=1S/C25H34ClN3O7S2/c1-4-22(29(37(3,31)32)23-18-19(26)8-13-24(23)35-2)25(30)27-14-17-36-20-9-11-21(12-10-20)38(33,34)28-15-6-5-7-16-28/h8-13,18,22H,4-7,14-17H2,1-3H3,(H,27,30). The Labute approximate surface area is 230 Å². The number of nitrogens with zero attached hydrogens (tertiary/aromatic N) is 2. The van der Waals surface area contributed by atoms with Crippen LogP contribution >= 0.6 is 11.6 Å². The number of anilines is 1. The Morgan fingerprint density at radius 1 is 1.08 bits per heavy atom. The summed E-state index contributed by atoms with van der Waals surface area (Å²) in [6, 6.07) is 9.66. The van der Waals surface area contributed by atoms with Crippen molar-refractivity contribution in [3.63, 3.8) is 0 Å². The lowest BCUT2D eigenvalue weighted by atomic mass is 10.2. The molecule has 1 fully saturated rings. The molecule has 1 atom stereocenters. The highest BCUT2D eigenvalue weighted by molar-refractivity contribution is 7.92. The normalized spacial score (nSPS) is 15.5. The summed E-state index contributed by atoms with van der Waals surface area (Å²) in [5.41, 5.74) is 0.167. The van der Waals surface area contributed by atoms with Crippen molar-refractivity contribution in [1.82, 2.24) is 9.62 Å². The molecule has 0 spiro atoms. The summed E-state index contributed by atoms with van der Waals surface area (Å²) < 4.78 is 64.5. The number of carbonyl (C=O) groups excluding carboxylic acids is 1. The SMILES string of the molecule is CCC(C(=O)NCCOc1ccc(S(=O)(=O)N2CCCCC2)cc1)N(c1cc(Cl)ccc1OC)S(C)(=O)=O. The van der Waals surface area contributed by atoms with E-state index >= 15 is 0 Å². The molecule has 1 N–H and O–H groups in total. The largest absolute Gasteiger partial charge is 0.495 e. The molecule has 13 heteroatoms. The average molecular weight is 588 g/mol. The predicted molar refractivity (Wildman–Crippen MR) is 147 cm³/mol. The first kappa shape index (κ1) is 30.0. The highest BCUT2D eigenvalue weighted by atomic mass is 35.5. The van der Waals surface area contributed by atoms with Crippen LogP contribution in [-0.2, 0) is 24.8 Å². The topological polar surface area (TPSA) is 122 Å². The Kier molecular flexibility index (Phi) is 10.3. The summed E-state index contributed by atoms with van der Waals surface area (Å²) in [5.74, 6) is 0.206. The van der Waals surface area contributed by atoms with Crippen LogP contribution in [0.5, 0.6) is 11.5 Å². The van der Waals surface area contributed by atoms with Crippen molar-refractivity contribution in [3.8, 4) is 11.5 Å². The van der Waals surface area contributed by atoms with E-state index in [-0.39, 0.29) is 35.9 Å². The third kappa shape index (κ3) is 7.31. The number of carbonyl (C=O) groups is 1. The summed E-state index contributed by atoms with van der Waals surface area (Å²) >= 11 is 6.10. The van der Waals surface area contributed by atoms with Gasteiger partial charge in [0.2, 0.25) is 26.0 Å². The van der Waals surface area contributed by atoms with Gasteiger partial charge in [0, 0.05) is 18.1 Å². The molecule has 210 valence electrons. The van der Waals surface area contributed by atoms with Gasteiger partial charge >= 0.3 is 0 Å². The smallest absolute Gasteiger partial charge is 0.244 e. The van der Waals surface area contributed by atoms with Gasteiger partial charge in [0.25, 0.3) is 0 Å². The molecule has 0 radical (unpaired) electrons. The van der Waals surface area contributed by atoms with Crippen LogP contribution in [0.1, 0.15) is 32.6 Å². The first-order valence-corrected chi connectivity index (χ1v) is 16.0. The summed E-state index contributed by atoms with van der Waals surface area (Å²) in [4.78, 5) is 13.2. The van der Waals surface area contributed by atoms with Crippen molar-refractivity contribution in [2.45, 2.75) is 43.5 Å². The van der Waals surface area contributed by atoms with Gasteiger partial charge in [-0.3, -0.25) is 9.10 Å². The number of nitrogens with one attached hydrogen (secondary N) is 1. The first-order valence-electron chi connectivity index (χ1n) is 12.3. The van der Waals surface area contributed by atoms with Gasteiger partial charge in [-0.2, -0.15) is 4.31 Å². The molecule has 1 saturated heterocycles. The summed E-state index contributed by atoms with van der Waals surface area (Å²) in [5, 5.41) is 3.01. The number of halogens is 1. The van der Waals surface area contributed by atoms with Crippen molar-refractivity contribution in [3.05, 3.63) is 47.5 Å². The lowest BCUT2D eigenvalue weighted by Gasteiger charge is -2.31. The molecule has 3 rings (SSSR count). The van der Waals surface area contributed by atoms with Crippen LogP contribution in [0.25, 0.3) is 0 Å². The van der Waals surface area contributed by atoms with Gasteiger partial charge in [0.05, 0.1) is 30.5 Å². The number of sulfonamides is 2. The van der Waals surface area contributed by atoms with Crippen LogP contribution in [-0.4, -0.2) is 72.7 Å². The fraction of sp³-hybridized carbons (Fsp3) is 0.480. The maximum atomic E-state index is 13.0. The van der Waals surface area contributed by atoms with Gasteiger partial charge in [-0.05, 0) is 61.7 Å². The van der Waals surface area contributed by atoms with E-state index in [0.29, 0.717) is 23.9 Å². The number of rotatable bonds is 12. The van der Waals surface area contributed by atoms with Gasteiger partial charge in [0.15, 0.2) is 0 Å². The second-order valence-electron chi connectivity index (χ2n) is 8.87. The number of hydrogen-bond donors (Lipinski definition) is 1. The van der Waals surface area contributed by atoms with Crippen molar-refractivity contribution in [1.29, 1.82) is 0 Å². The predicted octanol–water partition coefficient (Wildman–Crippen LogP) is 3.26. The molecular weight excluding hydrogens is 554 g/mol. The Bertz CT molecular complexity index is 1310. The zero-order valence-electron chi connectivity index (χ0n) is 21.7. The first-order chi connectivity index (χ1) is 18.0. The van der Waals surface area contributed by atoms with Gasteiger partial charge in [-0.1, -0.05) is 24.9 Å². The number of ether oxygens (including phenoxy) is 2. The molecule has 1 heterocycles. The molecule has 2 aromatic carbocycles. The molecule has 0 aromatic heterocycles. The van der Waals surface area contributed by atoms with E-state index in [2.05, 4.69) is 5.32 Å². The van der Waals surface area contributed by atoms with E-state index in [9.17, 15) is 21.6 Å². The monoisotopic (exact) mass is 587 g/mol. The summed E-state index contributed by atoms with van der Waals surface area (Å²) in [6.07, 6.45) is 3.97. The van der Waals surface area contributed by atoms with Crippen molar-refractivity contribution in [2.24, 2.45) is 0 Å². The van der Waals surface area contributed by atoms with E-state index in [1.165, 1.54) is 35.7 Å². The third-order valence-corrected chi connectivity index (χ3v) is 9.47. The Morgan fingerprint density at radius 3 is 2.32 bits per heavy atom. The molecule has 0 saturated carbocycles. The van der Waals surface area contributed by atoms with Gasteiger partial charge in [-0.15, -0.1) is 0 Å². The molecule has 1 unspecified atom stereocenters. The van der Waals surface area contributed by atoms with Crippen LogP contribution in [0.3, 0.4) is 0 Å². The molecule has 1 aliphatic rings. The molecule has 2 aromatic rings. The number of amides is 1. The van der Waals surface area contributed by atoms with E-state index < -0.39 is 32.0 Å². The molecule has 0 bridgehead atoms. The Morgan fingerprint density at radius 2 is 1.74 bits per heavy atom. The maximum absolute atomic E-state index is 13.0. The minimum Gasteiger partial charge on any atom is -0.495 e. The van der Waals surface area contributed by atoms with Crippen molar-refractivity contribution in [2.75, 3.05) is 43.9 Å². The Hall–Kier alpha value is -2.54. The number of benzene rings is 2. The number of piperidine rings is 1. The molecule has 38 heavy (non-hydrogen) atoms. The summed E-state index contributed by atoms with van der Waals surface area (Å²) in [7, 11) is -6.00. The van der Waals surface area contributed by atoms with Crippen LogP contribution < -0.4 is 19.1 Å². The zero-order valence-corrected chi connectivity index (χ0v) is 24.1. The van der Waals surface area contributed by atoms with Gasteiger partial charge in [-0.25, -0.2) is 16.8 Å². The fourth-order valence-corrected chi connectivity index (χ4v) is 7.18. The fourth-order valence-electron chi connectivity index (χ4n) is 4.29. The van der Waals surface area contributed by atoms with Crippen LogP contribution in [0.2, 0.25) is 5.02 Å². The summed E-state index contributed by atoms with van der Waals surface area (Å²) in [6.45, 7) is 2.96. The van der Waals surface area contributed by atoms with Crippen molar-refractivity contribution < 1.29 is 31.1 Å². The van der Waals surface area contributed by atoms with Gasteiger partial charge in [0.1, 0.15) is 24.1 Å². The number of hydrogen-bond acceptors (Lipinski definition) is 7. The van der Waals surface area contributed by atoms with Crippen LogP contribution in [0, 0.1) is 0 Å². The minimum absolute atomic E-state index is 0.0970. The second kappa shape index (κ2) is 13.0. The van der Waals surface area contributed by atoms with Crippen LogP contribution in [0.15, 0.2) is 47.4 Å². The van der Waals surface area contributed by atoms with E-state index in [0.717, 1.165) is 29.8 Å². The van der Waals surface area contributed by atoms with Crippen LogP contribution in [0.4, 0.5) is 5.69 Å². The molecule has 1 aliphatic heterocycles. The molecule has 10 nitrogen and oxygen atoms in total. The quantitative estimate of drug-likeness (QED) is 0.378. The van der Waals surface area contributed by atoms with E-state index in [1.54, 1.807) is 25.1 Å².